The molecular weight excluding hydrogens is 340 g/mol. The lowest BCUT2D eigenvalue weighted by Gasteiger charge is -2.17. The number of nitrogens with zero attached hydrogens (tertiary/aromatic N) is 2. The molecule has 2 heteroatoms. The average molecular weight is 381 g/mol. The molecule has 1 fully saturated rings. The third-order valence-electron chi connectivity index (χ3n) is 5.87. The smallest absolute Gasteiger partial charge is 0.136 e. The van der Waals surface area contributed by atoms with Crippen LogP contribution in [0.15, 0.2) is 29.4 Å². The second kappa shape index (κ2) is 11.2. The van der Waals surface area contributed by atoms with Crippen LogP contribution in [0, 0.1) is 5.92 Å². The summed E-state index contributed by atoms with van der Waals surface area (Å²) in [5, 5.41) is 2.13. The van der Waals surface area contributed by atoms with Crippen molar-refractivity contribution in [3.63, 3.8) is 0 Å². The Balaban J connectivity index is 2.41. The minimum atomic E-state index is 0.752. The molecule has 1 aliphatic rings. The summed E-state index contributed by atoms with van der Waals surface area (Å²) in [7, 11) is 0. The molecule has 0 radical (unpaired) electrons. The normalized spacial score (nSPS) is 17.7. The standard InChI is InChI=1S/C26H40N2/c1-7-21(4)13-12-16-25-23(6)28(19-24-14-10-8-9-11-15-24)26(27-25)22(5)18-17-20(2)3/h13,16-18,24H,6-12,14-15,19H2,1-5H3/b21-13?,22-18+,25-16+. The first-order valence-electron chi connectivity index (χ1n) is 11.2. The predicted molar refractivity (Wildman–Crippen MR) is 124 cm³/mol. The zero-order valence-corrected chi connectivity index (χ0v) is 18.9. The van der Waals surface area contributed by atoms with Crippen molar-refractivity contribution in [2.75, 3.05) is 0 Å². The number of aromatic nitrogens is 2. The van der Waals surface area contributed by atoms with Gasteiger partial charge in [0.05, 0.1) is 10.7 Å². The van der Waals surface area contributed by atoms with Crippen molar-refractivity contribution in [3.8, 4) is 0 Å². The van der Waals surface area contributed by atoms with Crippen LogP contribution in [0.2, 0.25) is 0 Å². The van der Waals surface area contributed by atoms with E-state index in [2.05, 4.69) is 70.1 Å². The maximum Gasteiger partial charge on any atom is 0.136 e. The monoisotopic (exact) mass is 380 g/mol. The summed E-state index contributed by atoms with van der Waals surface area (Å²) in [6.07, 6.45) is 19.2. The van der Waals surface area contributed by atoms with Gasteiger partial charge >= 0.3 is 0 Å². The molecule has 0 N–H and O–H groups in total. The van der Waals surface area contributed by atoms with Crippen LogP contribution in [0.3, 0.4) is 0 Å². The van der Waals surface area contributed by atoms with Crippen molar-refractivity contribution in [3.05, 3.63) is 45.9 Å². The van der Waals surface area contributed by atoms with E-state index in [0.29, 0.717) is 0 Å². The van der Waals surface area contributed by atoms with Gasteiger partial charge < -0.3 is 4.57 Å². The minimum absolute atomic E-state index is 0.752. The molecule has 1 aromatic heterocycles. The summed E-state index contributed by atoms with van der Waals surface area (Å²) < 4.78 is 2.39. The minimum Gasteiger partial charge on any atom is -0.324 e. The molecule has 0 amide bonds. The molecule has 2 rings (SSSR count). The predicted octanol–water partition coefficient (Wildman–Crippen LogP) is 6.16. The molecule has 0 spiro atoms. The zero-order chi connectivity index (χ0) is 20.5. The van der Waals surface area contributed by atoms with E-state index >= 15 is 0 Å². The van der Waals surface area contributed by atoms with E-state index in [1.165, 1.54) is 55.2 Å². The van der Waals surface area contributed by atoms with Gasteiger partial charge in [0.2, 0.25) is 0 Å². The van der Waals surface area contributed by atoms with Crippen LogP contribution in [-0.4, -0.2) is 9.55 Å². The third kappa shape index (κ3) is 6.65. The van der Waals surface area contributed by atoms with Gasteiger partial charge in [-0.05, 0) is 64.9 Å². The van der Waals surface area contributed by atoms with Gasteiger partial charge in [-0.3, -0.25) is 0 Å². The molecular formula is C26H40N2. The highest BCUT2D eigenvalue weighted by Crippen LogP contribution is 2.24. The number of allylic oxidation sites excluding steroid dienone is 6. The average Bonchev–Trinajstić information content (AvgIpc) is 2.84. The van der Waals surface area contributed by atoms with Crippen molar-refractivity contribution in [2.45, 2.75) is 92.5 Å². The SMILES string of the molecule is C=c1/c(=C\CC=C(C)CC)nc(/C(C)=C/C=C(C)C)n1CC1CCCCCC1. The lowest BCUT2D eigenvalue weighted by Crippen LogP contribution is -2.30. The van der Waals surface area contributed by atoms with Crippen LogP contribution < -0.4 is 10.7 Å². The first-order chi connectivity index (χ1) is 13.4. The van der Waals surface area contributed by atoms with Crippen LogP contribution in [0.25, 0.3) is 18.2 Å². The molecule has 154 valence electrons. The number of imidazole rings is 1. The first kappa shape index (κ1) is 22.5. The van der Waals surface area contributed by atoms with Gasteiger partial charge in [0.1, 0.15) is 5.82 Å². The van der Waals surface area contributed by atoms with Gasteiger partial charge in [-0.25, -0.2) is 4.98 Å². The van der Waals surface area contributed by atoms with E-state index in [9.17, 15) is 0 Å². The molecule has 0 saturated heterocycles. The quantitative estimate of drug-likeness (QED) is 0.315. The zero-order valence-electron chi connectivity index (χ0n) is 18.9. The fourth-order valence-corrected chi connectivity index (χ4v) is 3.85. The molecule has 0 atom stereocenters. The second-order valence-electron chi connectivity index (χ2n) is 8.67. The highest BCUT2D eigenvalue weighted by Gasteiger charge is 2.16. The second-order valence-corrected chi connectivity index (χ2v) is 8.67. The molecule has 1 saturated carbocycles. The summed E-state index contributed by atoms with van der Waals surface area (Å²) in [5.41, 5.74) is 3.96. The Kier molecular flexibility index (Phi) is 9.02. The van der Waals surface area contributed by atoms with E-state index in [0.717, 1.165) is 41.8 Å². The number of hydrogen-bond donors (Lipinski definition) is 0. The van der Waals surface area contributed by atoms with Gasteiger partial charge in [0.25, 0.3) is 0 Å². The molecule has 2 nitrogen and oxygen atoms in total. The van der Waals surface area contributed by atoms with Crippen molar-refractivity contribution in [2.24, 2.45) is 5.92 Å². The summed E-state index contributed by atoms with van der Waals surface area (Å²) in [6, 6.07) is 0. The van der Waals surface area contributed by atoms with E-state index in [4.69, 9.17) is 4.98 Å². The van der Waals surface area contributed by atoms with Crippen LogP contribution in [0.5, 0.6) is 0 Å². The first-order valence-corrected chi connectivity index (χ1v) is 11.2. The van der Waals surface area contributed by atoms with Gasteiger partial charge in [-0.1, -0.05) is 74.6 Å². The van der Waals surface area contributed by atoms with Crippen LogP contribution >= 0.6 is 0 Å². The van der Waals surface area contributed by atoms with E-state index in [1.54, 1.807) is 0 Å². The van der Waals surface area contributed by atoms with E-state index in [1.807, 2.05) is 0 Å². The highest BCUT2D eigenvalue weighted by atomic mass is 15.1. The maximum atomic E-state index is 5.02. The molecule has 1 aromatic rings. The van der Waals surface area contributed by atoms with Gasteiger partial charge in [0.15, 0.2) is 0 Å². The fraction of sp³-hybridized carbons (Fsp3) is 0.577. The molecule has 0 unspecified atom stereocenters. The lowest BCUT2D eigenvalue weighted by molar-refractivity contribution is 0.390. The van der Waals surface area contributed by atoms with Crippen molar-refractivity contribution in [1.29, 1.82) is 0 Å². The maximum absolute atomic E-state index is 5.02. The Hall–Kier alpha value is -1.83. The van der Waals surface area contributed by atoms with Gasteiger partial charge in [0, 0.05) is 6.54 Å². The Morgan fingerprint density at radius 3 is 2.36 bits per heavy atom. The van der Waals surface area contributed by atoms with Crippen molar-refractivity contribution in [1.82, 2.24) is 9.55 Å². The largest absolute Gasteiger partial charge is 0.324 e. The summed E-state index contributed by atoms with van der Waals surface area (Å²) >= 11 is 0. The Bertz CT molecular complexity index is 821. The number of hydrogen-bond acceptors (Lipinski definition) is 1. The van der Waals surface area contributed by atoms with E-state index in [-0.39, 0.29) is 0 Å². The fourth-order valence-electron chi connectivity index (χ4n) is 3.85. The summed E-state index contributed by atoms with van der Waals surface area (Å²) in [4.78, 5) is 5.02. The Morgan fingerprint density at radius 2 is 1.75 bits per heavy atom. The molecule has 0 bridgehead atoms. The van der Waals surface area contributed by atoms with Crippen LogP contribution in [-0.2, 0) is 6.54 Å². The van der Waals surface area contributed by atoms with Crippen molar-refractivity contribution >= 4 is 18.2 Å². The molecule has 1 aliphatic carbocycles. The number of rotatable bonds is 7. The van der Waals surface area contributed by atoms with Crippen LogP contribution in [0.1, 0.15) is 91.8 Å². The Morgan fingerprint density at radius 1 is 1.07 bits per heavy atom. The van der Waals surface area contributed by atoms with E-state index < -0.39 is 0 Å². The lowest BCUT2D eigenvalue weighted by atomic mass is 10.0. The summed E-state index contributed by atoms with van der Waals surface area (Å²) in [6.45, 7) is 16.3. The Labute approximate surface area is 172 Å². The topological polar surface area (TPSA) is 17.8 Å². The molecule has 28 heavy (non-hydrogen) atoms. The molecule has 0 aromatic carbocycles. The van der Waals surface area contributed by atoms with Gasteiger partial charge in [-0.15, -0.1) is 0 Å². The van der Waals surface area contributed by atoms with Crippen LogP contribution in [0.4, 0.5) is 0 Å². The van der Waals surface area contributed by atoms with Crippen molar-refractivity contribution < 1.29 is 0 Å². The van der Waals surface area contributed by atoms with Gasteiger partial charge in [-0.2, -0.15) is 0 Å². The molecule has 0 aliphatic heterocycles. The molecule has 1 heterocycles. The summed E-state index contributed by atoms with van der Waals surface area (Å²) in [5.74, 6) is 1.84. The highest BCUT2D eigenvalue weighted by molar-refractivity contribution is 5.60. The third-order valence-corrected chi connectivity index (χ3v) is 5.87.